The van der Waals surface area contributed by atoms with E-state index in [1.54, 1.807) is 6.92 Å². The second-order valence-electron chi connectivity index (χ2n) is 5.65. The minimum absolute atomic E-state index is 0.0633. The average Bonchev–Trinajstić information content (AvgIpc) is 2.97. The van der Waals surface area contributed by atoms with E-state index in [-0.39, 0.29) is 38.2 Å². The molecule has 0 aliphatic carbocycles. The Balaban J connectivity index is 2.38. The molecule has 3 aromatic heterocycles. The largest absolute Gasteiger partial charge is 0.611 e. The van der Waals surface area contributed by atoms with Gasteiger partial charge in [-0.25, -0.2) is 9.97 Å². The molecule has 3 aromatic rings. The first kappa shape index (κ1) is 20.5. The van der Waals surface area contributed by atoms with Crippen LogP contribution in [-0.2, 0) is 24.4 Å². The Bertz CT molecular complexity index is 1110. The zero-order chi connectivity index (χ0) is 20.8. The zero-order valence-electron chi connectivity index (χ0n) is 14.9. The van der Waals surface area contributed by atoms with Gasteiger partial charge < -0.3 is 14.0 Å². The molecule has 3 rings (SSSR count). The molecule has 1 unspecified atom stereocenters. The van der Waals surface area contributed by atoms with Gasteiger partial charge in [0.1, 0.15) is 23.5 Å². The van der Waals surface area contributed by atoms with Gasteiger partial charge in [-0.2, -0.15) is 13.2 Å². The van der Waals surface area contributed by atoms with Crippen molar-refractivity contribution in [2.75, 3.05) is 12.9 Å². The first-order chi connectivity index (χ1) is 13.1. The van der Waals surface area contributed by atoms with Crippen molar-refractivity contribution in [2.45, 2.75) is 18.0 Å². The Morgan fingerprint density at radius 3 is 2.57 bits per heavy atom. The van der Waals surface area contributed by atoms with Crippen LogP contribution in [-0.4, -0.2) is 36.7 Å². The molecule has 0 aliphatic heterocycles. The number of imidazole rings is 1. The Morgan fingerprint density at radius 1 is 1.32 bits per heavy atom. The van der Waals surface area contributed by atoms with E-state index in [1.807, 2.05) is 0 Å². The summed E-state index contributed by atoms with van der Waals surface area (Å²) in [4.78, 5) is 25.8. The normalized spacial score (nSPS) is 13.1. The zero-order valence-corrected chi connectivity index (χ0v) is 16.4. The van der Waals surface area contributed by atoms with Crippen molar-refractivity contribution in [3.63, 3.8) is 0 Å². The van der Waals surface area contributed by atoms with Gasteiger partial charge in [0.15, 0.2) is 22.1 Å². The number of aromatic nitrogens is 4. The lowest BCUT2D eigenvalue weighted by Crippen LogP contribution is -2.32. The highest BCUT2D eigenvalue weighted by atomic mass is 35.5. The molecular formula is C16H14ClF3N4O3S. The highest BCUT2D eigenvalue weighted by Crippen LogP contribution is 2.32. The van der Waals surface area contributed by atoms with Crippen LogP contribution in [0.15, 0.2) is 27.9 Å². The highest BCUT2D eigenvalue weighted by Gasteiger charge is 2.37. The van der Waals surface area contributed by atoms with Gasteiger partial charge in [0.05, 0.1) is 5.52 Å². The smallest absolute Gasteiger partial charge is 0.435 e. The van der Waals surface area contributed by atoms with Crippen molar-refractivity contribution in [1.82, 2.24) is 19.3 Å². The summed E-state index contributed by atoms with van der Waals surface area (Å²) in [6.45, 7) is 1.70. The molecular weight excluding hydrogens is 421 g/mol. The number of hydrogen-bond acceptors (Lipinski definition) is 5. The number of halogens is 4. The lowest BCUT2D eigenvalue weighted by Gasteiger charge is -2.13. The Kier molecular flexibility index (Phi) is 5.34. The molecule has 0 aromatic carbocycles. The fourth-order valence-electron chi connectivity index (χ4n) is 2.78. The molecule has 0 saturated carbocycles. The molecule has 150 valence electrons. The summed E-state index contributed by atoms with van der Waals surface area (Å²) in [5.74, 6) is 0.350. The van der Waals surface area contributed by atoms with Gasteiger partial charge >= 0.3 is 11.7 Å². The summed E-state index contributed by atoms with van der Waals surface area (Å²) in [6.07, 6.45) is -4.83. The summed E-state index contributed by atoms with van der Waals surface area (Å²) in [7, 11) is 2.40. The number of rotatable bonds is 4. The van der Waals surface area contributed by atoms with Crippen molar-refractivity contribution >= 4 is 33.8 Å². The Labute approximate surface area is 164 Å². The molecule has 0 spiro atoms. The summed E-state index contributed by atoms with van der Waals surface area (Å²) < 4.78 is 53.7. The van der Waals surface area contributed by atoms with Gasteiger partial charge in [-0.3, -0.25) is 4.79 Å². The maximum atomic E-state index is 13.3. The number of fused-ring (bicyclic) bond motifs is 1. The predicted octanol–water partition coefficient (Wildman–Crippen LogP) is 2.66. The third-order valence-electron chi connectivity index (χ3n) is 4.02. The standard InChI is InChI=1S/C16H14ClF3N4O3S/c1-4-28(26)9-5-6-11(17)22-12(9)14-21-8-7-10(16(18,19)20)24(27-3)15(25)13(8)23(14)2/h5-7H,4H2,1-3H3. The van der Waals surface area contributed by atoms with Crippen LogP contribution in [0.4, 0.5) is 13.2 Å². The molecule has 0 aliphatic rings. The summed E-state index contributed by atoms with van der Waals surface area (Å²) in [5, 5.41) is 0.0872. The average molecular weight is 435 g/mol. The summed E-state index contributed by atoms with van der Waals surface area (Å²) >= 11 is 4.52. The van der Waals surface area contributed by atoms with Crippen LogP contribution in [0.1, 0.15) is 12.6 Å². The van der Waals surface area contributed by atoms with Gasteiger partial charge in [0, 0.05) is 7.05 Å². The molecule has 1 atom stereocenters. The third kappa shape index (κ3) is 3.33. The van der Waals surface area contributed by atoms with E-state index in [4.69, 9.17) is 11.6 Å². The SMILES string of the molecule is CC[S+]([O-])c1ccc(Cl)nc1-c1nc2cc(C(F)(F)F)n(OC)c(=O)c2n1C. The van der Waals surface area contributed by atoms with Crippen LogP contribution in [0, 0.1) is 0 Å². The van der Waals surface area contributed by atoms with Gasteiger partial charge in [0.2, 0.25) is 0 Å². The fourth-order valence-corrected chi connectivity index (χ4v) is 3.81. The van der Waals surface area contributed by atoms with Crippen LogP contribution < -0.4 is 10.4 Å². The molecule has 0 saturated heterocycles. The minimum atomic E-state index is -4.83. The van der Waals surface area contributed by atoms with Gasteiger partial charge in [-0.05, 0) is 36.3 Å². The van der Waals surface area contributed by atoms with E-state index in [0.29, 0.717) is 11.0 Å². The minimum Gasteiger partial charge on any atom is -0.611 e. The number of nitrogens with zero attached hydrogens (tertiary/aromatic N) is 4. The molecule has 0 bridgehead atoms. The third-order valence-corrected chi connectivity index (χ3v) is 5.57. The van der Waals surface area contributed by atoms with Crippen LogP contribution in [0.2, 0.25) is 5.15 Å². The lowest BCUT2D eigenvalue weighted by atomic mass is 10.3. The number of pyridine rings is 2. The summed E-state index contributed by atoms with van der Waals surface area (Å²) in [5.41, 5.74) is -2.52. The van der Waals surface area contributed by atoms with Gasteiger partial charge in [0.25, 0.3) is 0 Å². The van der Waals surface area contributed by atoms with Crippen molar-refractivity contribution in [3.05, 3.63) is 39.4 Å². The first-order valence-electron chi connectivity index (χ1n) is 7.89. The molecule has 0 fully saturated rings. The van der Waals surface area contributed by atoms with E-state index >= 15 is 0 Å². The van der Waals surface area contributed by atoms with Gasteiger partial charge in [-0.15, -0.1) is 4.73 Å². The van der Waals surface area contributed by atoms with Crippen LogP contribution >= 0.6 is 11.6 Å². The summed E-state index contributed by atoms with van der Waals surface area (Å²) in [6, 6.07) is 3.68. The Morgan fingerprint density at radius 2 is 2.00 bits per heavy atom. The van der Waals surface area contributed by atoms with Crippen LogP contribution in [0.25, 0.3) is 22.6 Å². The van der Waals surface area contributed by atoms with Crippen LogP contribution in [0.3, 0.4) is 0 Å². The molecule has 0 N–H and O–H groups in total. The van der Waals surface area contributed by atoms with E-state index in [9.17, 15) is 22.5 Å². The number of hydrogen-bond donors (Lipinski definition) is 0. The first-order valence-corrected chi connectivity index (χ1v) is 9.59. The van der Waals surface area contributed by atoms with E-state index < -0.39 is 28.6 Å². The molecule has 12 heteroatoms. The second-order valence-corrected chi connectivity index (χ2v) is 7.75. The van der Waals surface area contributed by atoms with Crippen molar-refractivity contribution in [2.24, 2.45) is 7.05 Å². The fraction of sp³-hybridized carbons (Fsp3) is 0.312. The number of aryl methyl sites for hydroxylation is 1. The van der Waals surface area contributed by atoms with Crippen LogP contribution in [0.5, 0.6) is 0 Å². The second kappa shape index (κ2) is 7.30. The highest BCUT2D eigenvalue weighted by molar-refractivity contribution is 7.91. The Hall–Kier alpha value is -2.24. The molecule has 28 heavy (non-hydrogen) atoms. The molecule has 0 amide bonds. The van der Waals surface area contributed by atoms with E-state index in [0.717, 1.165) is 7.11 Å². The van der Waals surface area contributed by atoms with E-state index in [1.165, 1.54) is 23.7 Å². The molecule has 0 radical (unpaired) electrons. The predicted molar refractivity (Wildman–Crippen MR) is 97.7 cm³/mol. The number of alkyl halides is 3. The quantitative estimate of drug-likeness (QED) is 0.465. The van der Waals surface area contributed by atoms with Gasteiger partial charge in [-0.1, -0.05) is 11.6 Å². The van der Waals surface area contributed by atoms with E-state index in [2.05, 4.69) is 14.8 Å². The lowest BCUT2D eigenvalue weighted by molar-refractivity contribution is -0.151. The van der Waals surface area contributed by atoms with Crippen molar-refractivity contribution in [3.8, 4) is 11.5 Å². The van der Waals surface area contributed by atoms with Crippen molar-refractivity contribution < 1.29 is 22.6 Å². The molecule has 7 nitrogen and oxygen atoms in total. The molecule has 3 heterocycles. The van der Waals surface area contributed by atoms with Crippen molar-refractivity contribution in [1.29, 1.82) is 0 Å². The topological polar surface area (TPSA) is 85.0 Å². The maximum absolute atomic E-state index is 13.3. The monoisotopic (exact) mass is 434 g/mol. The maximum Gasteiger partial charge on any atom is 0.435 e.